The highest BCUT2D eigenvalue weighted by atomic mass is 32.1. The van der Waals surface area contributed by atoms with Gasteiger partial charge in [-0.1, -0.05) is 18.2 Å². The molecule has 152 valence electrons. The molecule has 0 unspecified atom stereocenters. The van der Waals surface area contributed by atoms with Gasteiger partial charge in [-0.25, -0.2) is 14.8 Å². The van der Waals surface area contributed by atoms with Gasteiger partial charge in [-0.3, -0.25) is 4.98 Å². The van der Waals surface area contributed by atoms with Gasteiger partial charge in [0, 0.05) is 37.8 Å². The zero-order valence-electron chi connectivity index (χ0n) is 16.6. The number of carbonyl (C=O) groups is 1. The molecule has 0 bridgehead atoms. The largest absolute Gasteiger partial charge is 0.462 e. The zero-order chi connectivity index (χ0) is 20.5. The number of thiophene rings is 1. The Balaban J connectivity index is 1.48. The zero-order valence-corrected chi connectivity index (χ0v) is 17.4. The van der Waals surface area contributed by atoms with Crippen LogP contribution in [0, 0.1) is 0 Å². The molecule has 3 aromatic heterocycles. The third kappa shape index (κ3) is 3.23. The molecule has 5 rings (SSSR count). The number of rotatable bonds is 4. The third-order valence-electron chi connectivity index (χ3n) is 5.38. The number of hydrogen-bond acceptors (Lipinski definition) is 8. The molecule has 1 saturated heterocycles. The Morgan fingerprint density at radius 1 is 1.03 bits per heavy atom. The molecule has 0 spiro atoms. The molecule has 1 fully saturated rings. The Hall–Kier alpha value is -3.26. The van der Waals surface area contributed by atoms with Crippen molar-refractivity contribution in [2.45, 2.75) is 6.92 Å². The predicted molar refractivity (Wildman–Crippen MR) is 120 cm³/mol. The van der Waals surface area contributed by atoms with Gasteiger partial charge in [0.2, 0.25) is 0 Å². The van der Waals surface area contributed by atoms with Crippen LogP contribution in [0.25, 0.3) is 21.1 Å². The minimum absolute atomic E-state index is 0.330. The summed E-state index contributed by atoms with van der Waals surface area (Å²) in [5.41, 5.74) is 2.30. The third-order valence-corrected chi connectivity index (χ3v) is 6.20. The number of ether oxygens (including phenoxy) is 1. The second-order valence-corrected chi connectivity index (χ2v) is 7.96. The molecule has 0 aliphatic carbocycles. The maximum absolute atomic E-state index is 12.6. The van der Waals surface area contributed by atoms with Crippen LogP contribution in [0.1, 0.15) is 17.3 Å². The first kappa shape index (κ1) is 18.7. The fraction of sp³-hybridized carbons (Fsp3) is 0.273. The van der Waals surface area contributed by atoms with E-state index in [0.717, 1.165) is 58.8 Å². The van der Waals surface area contributed by atoms with E-state index in [1.807, 2.05) is 36.6 Å². The fourth-order valence-corrected chi connectivity index (χ4v) is 4.72. The molecule has 8 heteroatoms. The molecule has 4 aromatic rings. The molecule has 0 saturated carbocycles. The molecule has 1 aliphatic rings. The number of pyridine rings is 1. The van der Waals surface area contributed by atoms with E-state index in [-0.39, 0.29) is 5.97 Å². The molecule has 1 aromatic carbocycles. The van der Waals surface area contributed by atoms with Crippen molar-refractivity contribution >= 4 is 49.9 Å². The number of aromatic nitrogens is 3. The maximum atomic E-state index is 12.6. The molecular formula is C22H21N5O2S. The Morgan fingerprint density at radius 2 is 1.83 bits per heavy atom. The van der Waals surface area contributed by atoms with Crippen molar-refractivity contribution in [3.8, 4) is 0 Å². The van der Waals surface area contributed by atoms with Crippen molar-refractivity contribution in [2.24, 2.45) is 0 Å². The van der Waals surface area contributed by atoms with Crippen LogP contribution in [0.5, 0.6) is 0 Å². The van der Waals surface area contributed by atoms with Crippen LogP contribution >= 0.6 is 11.3 Å². The van der Waals surface area contributed by atoms with Gasteiger partial charge in [-0.05, 0) is 24.4 Å². The highest BCUT2D eigenvalue weighted by molar-refractivity contribution is 7.16. The second kappa shape index (κ2) is 7.87. The lowest BCUT2D eigenvalue weighted by Gasteiger charge is -2.37. The number of benzene rings is 1. The predicted octanol–water partition coefficient (Wildman–Crippen LogP) is 3.74. The van der Waals surface area contributed by atoms with Gasteiger partial charge < -0.3 is 14.5 Å². The summed E-state index contributed by atoms with van der Waals surface area (Å²) in [7, 11) is 0. The Morgan fingerprint density at radius 3 is 2.67 bits per heavy atom. The summed E-state index contributed by atoms with van der Waals surface area (Å²) in [6, 6.07) is 10.0. The van der Waals surface area contributed by atoms with Gasteiger partial charge in [-0.2, -0.15) is 0 Å². The summed E-state index contributed by atoms with van der Waals surface area (Å²) in [6.45, 7) is 5.31. The second-order valence-electron chi connectivity index (χ2n) is 7.07. The summed E-state index contributed by atoms with van der Waals surface area (Å²) in [6.07, 6.45) is 3.27. The Bertz CT molecular complexity index is 1220. The molecule has 4 heterocycles. The first-order valence-corrected chi connectivity index (χ1v) is 10.9. The van der Waals surface area contributed by atoms with Crippen molar-refractivity contribution in [2.75, 3.05) is 42.6 Å². The highest BCUT2D eigenvalue weighted by Crippen LogP contribution is 2.33. The van der Waals surface area contributed by atoms with Gasteiger partial charge in [0.15, 0.2) is 0 Å². The average molecular weight is 420 g/mol. The monoisotopic (exact) mass is 419 g/mol. The summed E-state index contributed by atoms with van der Waals surface area (Å²) in [5, 5.41) is 4.12. The van der Waals surface area contributed by atoms with Crippen LogP contribution in [0.4, 0.5) is 11.5 Å². The number of carbonyl (C=O) groups excluding carboxylic acids is 1. The first-order valence-electron chi connectivity index (χ1n) is 9.99. The summed E-state index contributed by atoms with van der Waals surface area (Å²) < 4.78 is 5.31. The van der Waals surface area contributed by atoms with Gasteiger partial charge >= 0.3 is 5.97 Å². The lowest BCUT2D eigenvalue weighted by Crippen LogP contribution is -2.47. The van der Waals surface area contributed by atoms with Crippen LogP contribution < -0.4 is 9.80 Å². The molecular weight excluding hydrogens is 398 g/mol. The van der Waals surface area contributed by atoms with Gasteiger partial charge in [0.05, 0.1) is 23.2 Å². The quantitative estimate of drug-likeness (QED) is 0.467. The van der Waals surface area contributed by atoms with Crippen LogP contribution in [0.15, 0.2) is 48.2 Å². The molecule has 7 nitrogen and oxygen atoms in total. The topological polar surface area (TPSA) is 71.5 Å². The average Bonchev–Trinajstić information content (AvgIpc) is 3.28. The smallest absolute Gasteiger partial charge is 0.341 e. The van der Waals surface area contributed by atoms with Crippen LogP contribution in [-0.4, -0.2) is 53.7 Å². The standard InChI is InChI=1S/C22H21N5O2S/c1-2-29-22(28)17-13-23-18-6-4-3-5-15(18)19(17)26-8-10-27(11-9-26)20-16-7-12-30-21(16)25-14-24-20/h3-7,12-14H,2,8-11H2,1H3. The number of nitrogens with zero attached hydrogens (tertiary/aromatic N) is 5. The van der Waals surface area contributed by atoms with Gasteiger partial charge in [0.25, 0.3) is 0 Å². The van der Waals surface area contributed by atoms with E-state index in [1.54, 1.807) is 23.9 Å². The lowest BCUT2D eigenvalue weighted by atomic mass is 10.1. The van der Waals surface area contributed by atoms with E-state index in [9.17, 15) is 4.79 Å². The van der Waals surface area contributed by atoms with E-state index >= 15 is 0 Å². The van der Waals surface area contributed by atoms with Crippen molar-refractivity contribution in [3.63, 3.8) is 0 Å². The van der Waals surface area contributed by atoms with Crippen molar-refractivity contribution in [1.82, 2.24) is 15.0 Å². The summed E-state index contributed by atoms with van der Waals surface area (Å²) >= 11 is 1.63. The minimum atomic E-state index is -0.330. The van der Waals surface area contributed by atoms with Crippen LogP contribution in [0.3, 0.4) is 0 Å². The normalized spacial score (nSPS) is 14.4. The molecule has 0 amide bonds. The highest BCUT2D eigenvalue weighted by Gasteiger charge is 2.26. The van der Waals surface area contributed by atoms with Crippen molar-refractivity contribution in [3.05, 3.63) is 53.8 Å². The van der Waals surface area contributed by atoms with E-state index in [1.165, 1.54) is 0 Å². The van der Waals surface area contributed by atoms with E-state index < -0.39 is 0 Å². The number of para-hydroxylation sites is 1. The molecule has 0 atom stereocenters. The molecule has 1 aliphatic heterocycles. The molecule has 0 radical (unpaired) electrons. The maximum Gasteiger partial charge on any atom is 0.341 e. The van der Waals surface area contributed by atoms with E-state index in [0.29, 0.717) is 12.2 Å². The van der Waals surface area contributed by atoms with Crippen molar-refractivity contribution in [1.29, 1.82) is 0 Å². The first-order chi connectivity index (χ1) is 14.8. The van der Waals surface area contributed by atoms with E-state index in [2.05, 4.69) is 30.8 Å². The summed E-state index contributed by atoms with van der Waals surface area (Å²) in [4.78, 5) is 31.6. The van der Waals surface area contributed by atoms with E-state index in [4.69, 9.17) is 4.74 Å². The van der Waals surface area contributed by atoms with Crippen LogP contribution in [0.2, 0.25) is 0 Å². The lowest BCUT2D eigenvalue weighted by molar-refractivity contribution is 0.0527. The Labute approximate surface area is 177 Å². The number of esters is 1. The van der Waals surface area contributed by atoms with Crippen molar-refractivity contribution < 1.29 is 9.53 Å². The number of fused-ring (bicyclic) bond motifs is 2. The number of anilines is 2. The molecule has 0 N–H and O–H groups in total. The minimum Gasteiger partial charge on any atom is -0.462 e. The summed E-state index contributed by atoms with van der Waals surface area (Å²) in [5.74, 6) is 0.648. The van der Waals surface area contributed by atoms with Gasteiger partial charge in [0.1, 0.15) is 22.5 Å². The molecule has 30 heavy (non-hydrogen) atoms. The van der Waals surface area contributed by atoms with Crippen LogP contribution in [-0.2, 0) is 4.74 Å². The SMILES string of the molecule is CCOC(=O)c1cnc2ccccc2c1N1CCN(c2ncnc3sccc23)CC1. The van der Waals surface area contributed by atoms with Gasteiger partial charge in [-0.15, -0.1) is 11.3 Å². The fourth-order valence-electron chi connectivity index (χ4n) is 4.00. The Kier molecular flexibility index (Phi) is 4.92. The number of hydrogen-bond donors (Lipinski definition) is 0. The number of piperazine rings is 1.